The molecule has 0 fully saturated rings. The molecule has 0 aliphatic rings. The Kier molecular flexibility index (Phi) is 12.8. The number of carbonyl (C=O) groups is 1. The molecule has 0 aromatic heterocycles. The molecule has 3 aromatic carbocycles. The van der Waals surface area contributed by atoms with Gasteiger partial charge in [-0.2, -0.15) is 0 Å². The minimum absolute atomic E-state index is 0.0926. The molecule has 3 rings (SSSR count). The summed E-state index contributed by atoms with van der Waals surface area (Å²) in [5.41, 5.74) is 2.27. The van der Waals surface area contributed by atoms with E-state index in [0.29, 0.717) is 17.7 Å². The molecule has 6 nitrogen and oxygen atoms in total. The van der Waals surface area contributed by atoms with Crippen LogP contribution in [0, 0.1) is 0 Å². The molecule has 0 radical (unpaired) electrons. The highest BCUT2D eigenvalue weighted by Crippen LogP contribution is 2.20. The van der Waals surface area contributed by atoms with Gasteiger partial charge in [-0.1, -0.05) is 68.1 Å². The van der Waals surface area contributed by atoms with Gasteiger partial charge < -0.3 is 24.0 Å². The van der Waals surface area contributed by atoms with Crippen LogP contribution in [0.5, 0.6) is 17.2 Å². The molecule has 0 saturated heterocycles. The van der Waals surface area contributed by atoms with E-state index in [9.17, 15) is 4.79 Å². The number of carbonyl (C=O) groups excluding carboxylic acids is 1. The average molecular weight is 548 g/mol. The predicted molar refractivity (Wildman–Crippen MR) is 162 cm³/mol. The maximum atomic E-state index is 12.9. The minimum Gasteiger partial charge on any atom is -0.497 e. The first-order valence-electron chi connectivity index (χ1n) is 14.5. The first kappa shape index (κ1) is 31.0. The molecule has 0 aliphatic heterocycles. The van der Waals surface area contributed by atoms with Crippen molar-refractivity contribution in [3.63, 3.8) is 0 Å². The molecule has 0 heterocycles. The van der Waals surface area contributed by atoms with E-state index < -0.39 is 0 Å². The van der Waals surface area contributed by atoms with Gasteiger partial charge in [0.2, 0.25) is 0 Å². The lowest BCUT2D eigenvalue weighted by Gasteiger charge is -2.33. The van der Waals surface area contributed by atoms with Gasteiger partial charge in [0.15, 0.2) is 6.04 Å². The fraction of sp³-hybridized carbons (Fsp3) is 0.441. The monoisotopic (exact) mass is 547 g/mol. The second kappa shape index (κ2) is 16.6. The summed E-state index contributed by atoms with van der Waals surface area (Å²) in [5.74, 6) is 2.65. The molecule has 1 N–H and O–H groups in total. The lowest BCUT2D eigenvalue weighted by Crippen LogP contribution is -2.55. The Bertz CT molecular complexity index is 1130. The van der Waals surface area contributed by atoms with E-state index in [1.54, 1.807) is 7.11 Å². The molecule has 6 heteroatoms. The summed E-state index contributed by atoms with van der Waals surface area (Å²) in [5, 5.41) is 3.18. The molecular formula is C34H47N2O4+. The van der Waals surface area contributed by atoms with Crippen molar-refractivity contribution in [1.29, 1.82) is 0 Å². The SMILES string of the molecule is COc1cccc(COc2ccc(OCCCCCCCCNC(=O)C(Cc3ccccc3)[N+](C)(C)C)cc2)c1. The number of likely N-dealkylation sites (N-methyl/N-ethyl adjacent to an activating group) is 1. The Hall–Kier alpha value is -3.51. The maximum absolute atomic E-state index is 12.9. The third-order valence-corrected chi connectivity index (χ3v) is 7.01. The summed E-state index contributed by atoms with van der Waals surface area (Å²) < 4.78 is 17.6. The van der Waals surface area contributed by atoms with Crippen LogP contribution in [-0.4, -0.2) is 57.8 Å². The zero-order chi connectivity index (χ0) is 28.6. The van der Waals surface area contributed by atoms with E-state index in [-0.39, 0.29) is 11.9 Å². The van der Waals surface area contributed by atoms with Crippen molar-refractivity contribution in [1.82, 2.24) is 5.32 Å². The number of methoxy groups -OCH3 is 1. The van der Waals surface area contributed by atoms with Crippen LogP contribution in [0.15, 0.2) is 78.9 Å². The highest BCUT2D eigenvalue weighted by atomic mass is 16.5. The van der Waals surface area contributed by atoms with Gasteiger partial charge in [-0.15, -0.1) is 0 Å². The molecule has 0 bridgehead atoms. The number of nitrogens with one attached hydrogen (secondary N) is 1. The van der Waals surface area contributed by atoms with Gasteiger partial charge in [0, 0.05) is 13.0 Å². The van der Waals surface area contributed by atoms with Crippen LogP contribution in [-0.2, 0) is 17.8 Å². The lowest BCUT2D eigenvalue weighted by atomic mass is 10.0. The van der Waals surface area contributed by atoms with Gasteiger partial charge in [-0.25, -0.2) is 0 Å². The average Bonchev–Trinajstić information content (AvgIpc) is 2.96. The Balaban J connectivity index is 1.22. The molecule has 0 aliphatic carbocycles. The zero-order valence-electron chi connectivity index (χ0n) is 24.7. The van der Waals surface area contributed by atoms with Gasteiger partial charge >= 0.3 is 0 Å². The second-order valence-electron chi connectivity index (χ2n) is 11.2. The molecule has 216 valence electrons. The smallest absolute Gasteiger partial charge is 0.278 e. The molecule has 1 unspecified atom stereocenters. The fourth-order valence-corrected chi connectivity index (χ4v) is 4.57. The molecule has 3 aromatic rings. The molecular weight excluding hydrogens is 500 g/mol. The standard InChI is InChI=1S/C34H46N2O4/c1-36(2,3)33(26-28-15-10-9-11-16-28)34(37)35-23-12-7-5-6-8-13-24-39-30-19-21-31(22-20-30)40-27-29-17-14-18-32(25-29)38-4/h9-11,14-22,25,33H,5-8,12-13,23-24,26-27H2,1-4H3/p+1. The number of quaternary nitrogens is 1. The molecule has 1 amide bonds. The molecule has 0 saturated carbocycles. The lowest BCUT2D eigenvalue weighted by molar-refractivity contribution is -0.886. The van der Waals surface area contributed by atoms with Gasteiger partial charge in [0.25, 0.3) is 5.91 Å². The van der Waals surface area contributed by atoms with Crippen LogP contribution in [0.3, 0.4) is 0 Å². The number of hydrogen-bond acceptors (Lipinski definition) is 4. The summed E-state index contributed by atoms with van der Waals surface area (Å²) in [6, 6.07) is 25.9. The van der Waals surface area contributed by atoms with Crippen molar-refractivity contribution >= 4 is 5.91 Å². The first-order valence-corrected chi connectivity index (χ1v) is 14.5. The second-order valence-corrected chi connectivity index (χ2v) is 11.2. The number of rotatable bonds is 18. The van der Waals surface area contributed by atoms with E-state index in [1.165, 1.54) is 18.4 Å². The largest absolute Gasteiger partial charge is 0.497 e. The van der Waals surface area contributed by atoms with Crippen LogP contribution in [0.4, 0.5) is 0 Å². The van der Waals surface area contributed by atoms with Crippen molar-refractivity contribution in [2.45, 2.75) is 57.6 Å². The van der Waals surface area contributed by atoms with Gasteiger partial charge in [-0.3, -0.25) is 4.79 Å². The maximum Gasteiger partial charge on any atom is 0.278 e. The van der Waals surface area contributed by atoms with E-state index in [4.69, 9.17) is 14.2 Å². The van der Waals surface area contributed by atoms with Crippen LogP contribution >= 0.6 is 0 Å². The number of benzene rings is 3. The van der Waals surface area contributed by atoms with E-state index >= 15 is 0 Å². The number of ether oxygens (including phenoxy) is 3. The normalized spacial score (nSPS) is 12.0. The summed E-state index contributed by atoms with van der Waals surface area (Å²) in [6.07, 6.45) is 7.45. The third kappa shape index (κ3) is 11.3. The van der Waals surface area contributed by atoms with Crippen LogP contribution < -0.4 is 19.5 Å². The van der Waals surface area contributed by atoms with Crippen molar-refractivity contribution in [3.8, 4) is 17.2 Å². The summed E-state index contributed by atoms with van der Waals surface area (Å²) >= 11 is 0. The molecule has 0 spiro atoms. The molecule has 40 heavy (non-hydrogen) atoms. The highest BCUT2D eigenvalue weighted by molar-refractivity contribution is 5.81. The van der Waals surface area contributed by atoms with E-state index in [2.05, 4.69) is 38.6 Å². The van der Waals surface area contributed by atoms with Crippen molar-refractivity contribution in [2.75, 3.05) is 41.4 Å². The van der Waals surface area contributed by atoms with Crippen LogP contribution in [0.2, 0.25) is 0 Å². The zero-order valence-corrected chi connectivity index (χ0v) is 24.7. The molecule has 1 atom stereocenters. The number of nitrogens with zero attached hydrogens (tertiary/aromatic N) is 1. The summed E-state index contributed by atoms with van der Waals surface area (Å²) in [6.45, 7) is 1.95. The number of amides is 1. The van der Waals surface area contributed by atoms with Gasteiger partial charge in [0.1, 0.15) is 23.9 Å². The van der Waals surface area contributed by atoms with Crippen molar-refractivity contribution < 1.29 is 23.5 Å². The summed E-state index contributed by atoms with van der Waals surface area (Å²) in [7, 11) is 7.93. The van der Waals surface area contributed by atoms with Crippen LogP contribution in [0.1, 0.15) is 49.7 Å². The predicted octanol–water partition coefficient (Wildman–Crippen LogP) is 6.43. The Morgan fingerprint density at radius 1 is 0.725 bits per heavy atom. The van der Waals surface area contributed by atoms with Gasteiger partial charge in [-0.05, 0) is 60.4 Å². The summed E-state index contributed by atoms with van der Waals surface area (Å²) in [4.78, 5) is 12.9. The van der Waals surface area contributed by atoms with E-state index in [1.807, 2.05) is 66.7 Å². The van der Waals surface area contributed by atoms with Gasteiger partial charge in [0.05, 0.1) is 34.9 Å². The van der Waals surface area contributed by atoms with Crippen LogP contribution in [0.25, 0.3) is 0 Å². The topological polar surface area (TPSA) is 56.8 Å². The Morgan fingerprint density at radius 2 is 1.35 bits per heavy atom. The highest BCUT2D eigenvalue weighted by Gasteiger charge is 2.31. The Morgan fingerprint density at radius 3 is 2.02 bits per heavy atom. The number of unbranched alkanes of at least 4 members (excludes halogenated alkanes) is 5. The fourth-order valence-electron chi connectivity index (χ4n) is 4.57. The third-order valence-electron chi connectivity index (χ3n) is 7.01. The van der Waals surface area contributed by atoms with Crippen molar-refractivity contribution in [2.24, 2.45) is 0 Å². The van der Waals surface area contributed by atoms with E-state index in [0.717, 1.165) is 61.5 Å². The Labute approximate surface area is 240 Å². The quantitative estimate of drug-likeness (QED) is 0.147. The first-order chi connectivity index (χ1) is 19.3. The minimum atomic E-state index is -0.0926. The van der Waals surface area contributed by atoms with Crippen molar-refractivity contribution in [3.05, 3.63) is 90.0 Å². The number of hydrogen-bond donors (Lipinski definition) is 1.